The predicted molar refractivity (Wildman–Crippen MR) is 111 cm³/mol. The number of rotatable bonds is 4. The number of carbonyl (C=O) groups excluding carboxylic acids is 1. The molecular weight excluding hydrogens is 390 g/mol. The van der Waals surface area contributed by atoms with Crippen molar-refractivity contribution in [2.75, 3.05) is 33.2 Å². The second-order valence-corrected chi connectivity index (χ2v) is 8.20. The van der Waals surface area contributed by atoms with Crippen LogP contribution in [0.25, 0.3) is 21.9 Å². The van der Waals surface area contributed by atoms with Gasteiger partial charge in [-0.1, -0.05) is 11.2 Å². The van der Waals surface area contributed by atoms with E-state index in [2.05, 4.69) is 22.2 Å². The number of thiophene rings is 1. The fourth-order valence-corrected chi connectivity index (χ4v) is 4.12. The molecule has 152 valence electrons. The summed E-state index contributed by atoms with van der Waals surface area (Å²) >= 11 is 1.52. The van der Waals surface area contributed by atoms with E-state index < -0.39 is 0 Å². The minimum atomic E-state index is -0.338. The van der Waals surface area contributed by atoms with Crippen LogP contribution in [0.2, 0.25) is 0 Å². The second-order valence-electron chi connectivity index (χ2n) is 7.25. The van der Waals surface area contributed by atoms with E-state index in [0.717, 1.165) is 30.1 Å². The Morgan fingerprint density at radius 1 is 1.24 bits per heavy atom. The maximum absolute atomic E-state index is 12.8. The van der Waals surface area contributed by atoms with Gasteiger partial charge in [0.2, 0.25) is 5.91 Å². The van der Waals surface area contributed by atoms with E-state index in [4.69, 9.17) is 4.52 Å². The van der Waals surface area contributed by atoms with E-state index in [9.17, 15) is 9.59 Å². The highest BCUT2D eigenvalue weighted by atomic mass is 32.1. The summed E-state index contributed by atoms with van der Waals surface area (Å²) in [6, 6.07) is 7.11. The first-order valence-corrected chi connectivity index (χ1v) is 10.5. The Bertz CT molecular complexity index is 1060. The van der Waals surface area contributed by atoms with Crippen LogP contribution >= 0.6 is 11.3 Å². The van der Waals surface area contributed by atoms with Gasteiger partial charge in [0.15, 0.2) is 5.76 Å². The first-order valence-electron chi connectivity index (χ1n) is 9.57. The molecule has 1 aliphatic rings. The fourth-order valence-electron chi connectivity index (χ4n) is 3.40. The van der Waals surface area contributed by atoms with Gasteiger partial charge in [0.05, 0.1) is 16.1 Å². The highest BCUT2D eigenvalue weighted by Gasteiger charge is 2.21. The smallest absolute Gasteiger partial charge is 0.268 e. The summed E-state index contributed by atoms with van der Waals surface area (Å²) in [7, 11) is 2.05. The zero-order valence-electron chi connectivity index (χ0n) is 16.5. The molecule has 4 heterocycles. The SMILES string of the molecule is Cc1cc(-c2cc(=O)n(CC(=O)N3CCCN(C)CC3)nc2-c2cccs2)on1. The third-order valence-electron chi connectivity index (χ3n) is 5.00. The Kier molecular flexibility index (Phi) is 5.59. The van der Waals surface area contributed by atoms with Crippen LogP contribution < -0.4 is 5.56 Å². The Balaban J connectivity index is 1.67. The summed E-state index contributed by atoms with van der Waals surface area (Å²) in [5.74, 6) is 0.403. The molecule has 3 aromatic rings. The van der Waals surface area contributed by atoms with Crippen LogP contribution in [0.15, 0.2) is 39.0 Å². The number of aryl methyl sites for hydroxylation is 1. The zero-order chi connectivity index (χ0) is 20.4. The van der Waals surface area contributed by atoms with Crippen LogP contribution in [0.1, 0.15) is 12.1 Å². The Hall–Kier alpha value is -2.78. The van der Waals surface area contributed by atoms with Crippen molar-refractivity contribution in [3.63, 3.8) is 0 Å². The molecule has 0 bridgehead atoms. The molecule has 0 atom stereocenters. The van der Waals surface area contributed by atoms with Crippen molar-refractivity contribution in [2.24, 2.45) is 0 Å². The molecule has 0 aromatic carbocycles. The largest absolute Gasteiger partial charge is 0.356 e. The molecule has 0 spiro atoms. The van der Waals surface area contributed by atoms with Crippen LogP contribution in [0.3, 0.4) is 0 Å². The van der Waals surface area contributed by atoms with Gasteiger partial charge >= 0.3 is 0 Å². The van der Waals surface area contributed by atoms with E-state index in [0.29, 0.717) is 30.1 Å². The number of nitrogens with zero attached hydrogens (tertiary/aromatic N) is 5. The maximum Gasteiger partial charge on any atom is 0.268 e. The lowest BCUT2D eigenvalue weighted by Gasteiger charge is -2.21. The summed E-state index contributed by atoms with van der Waals surface area (Å²) in [4.78, 5) is 30.5. The van der Waals surface area contributed by atoms with E-state index >= 15 is 0 Å². The number of likely N-dealkylation sites (N-methyl/N-ethyl adjacent to an activating group) is 1. The molecule has 1 fully saturated rings. The minimum absolute atomic E-state index is 0.0728. The molecule has 1 amide bonds. The van der Waals surface area contributed by atoms with Gasteiger partial charge < -0.3 is 14.3 Å². The quantitative estimate of drug-likeness (QED) is 0.651. The van der Waals surface area contributed by atoms with Crippen molar-refractivity contribution < 1.29 is 9.32 Å². The van der Waals surface area contributed by atoms with Crippen molar-refractivity contribution in [1.29, 1.82) is 0 Å². The first kappa shape index (κ1) is 19.5. The topological polar surface area (TPSA) is 84.5 Å². The van der Waals surface area contributed by atoms with Gasteiger partial charge in [-0.15, -0.1) is 11.3 Å². The predicted octanol–water partition coefficient (Wildman–Crippen LogP) is 2.10. The van der Waals surface area contributed by atoms with E-state index in [1.165, 1.54) is 22.1 Å². The van der Waals surface area contributed by atoms with Crippen LogP contribution in [-0.2, 0) is 11.3 Å². The lowest BCUT2D eigenvalue weighted by Crippen LogP contribution is -2.39. The normalized spacial score (nSPS) is 15.4. The number of amides is 1. The Labute approximate surface area is 172 Å². The molecule has 0 saturated carbocycles. The molecule has 1 saturated heterocycles. The summed E-state index contributed by atoms with van der Waals surface area (Å²) in [5, 5.41) is 10.4. The molecule has 0 radical (unpaired) electrons. The Morgan fingerprint density at radius 3 is 2.83 bits per heavy atom. The van der Waals surface area contributed by atoms with Gasteiger partial charge in [0.1, 0.15) is 12.2 Å². The Morgan fingerprint density at radius 2 is 2.10 bits per heavy atom. The highest BCUT2D eigenvalue weighted by Crippen LogP contribution is 2.32. The molecule has 0 unspecified atom stereocenters. The molecule has 0 N–H and O–H groups in total. The standard InChI is InChI=1S/C20H23N5O3S/c1-14-11-16(28-22-14)15-12-18(26)25(21-20(15)17-5-3-10-29-17)13-19(27)24-7-4-6-23(2)8-9-24/h3,5,10-12H,4,6-9,13H2,1-2H3. The van der Waals surface area contributed by atoms with Gasteiger partial charge in [-0.2, -0.15) is 5.10 Å². The highest BCUT2D eigenvalue weighted by molar-refractivity contribution is 7.13. The van der Waals surface area contributed by atoms with Crippen molar-refractivity contribution >= 4 is 17.2 Å². The van der Waals surface area contributed by atoms with E-state index in [1.54, 1.807) is 6.07 Å². The second kappa shape index (κ2) is 8.30. The number of carbonyl (C=O) groups is 1. The first-order chi connectivity index (χ1) is 14.0. The molecular formula is C20H23N5O3S. The van der Waals surface area contributed by atoms with Crippen molar-refractivity contribution in [3.05, 3.63) is 45.7 Å². The summed E-state index contributed by atoms with van der Waals surface area (Å²) in [6.07, 6.45) is 0.925. The summed E-state index contributed by atoms with van der Waals surface area (Å²) in [5.41, 5.74) is 1.58. The van der Waals surface area contributed by atoms with Crippen LogP contribution in [0.4, 0.5) is 0 Å². The molecule has 3 aromatic heterocycles. The van der Waals surface area contributed by atoms with E-state index in [-0.39, 0.29) is 18.0 Å². The van der Waals surface area contributed by atoms with E-state index in [1.807, 2.05) is 29.3 Å². The lowest BCUT2D eigenvalue weighted by atomic mass is 10.1. The van der Waals surface area contributed by atoms with Gasteiger partial charge in [0.25, 0.3) is 5.56 Å². The van der Waals surface area contributed by atoms with Gasteiger partial charge in [-0.3, -0.25) is 9.59 Å². The molecule has 0 aliphatic carbocycles. The van der Waals surface area contributed by atoms with Crippen LogP contribution in [0.5, 0.6) is 0 Å². The van der Waals surface area contributed by atoms with Gasteiger partial charge in [-0.05, 0) is 38.4 Å². The maximum atomic E-state index is 12.8. The zero-order valence-corrected chi connectivity index (χ0v) is 17.3. The summed E-state index contributed by atoms with van der Waals surface area (Å²) < 4.78 is 6.62. The molecule has 29 heavy (non-hydrogen) atoms. The third-order valence-corrected chi connectivity index (χ3v) is 5.88. The molecule has 9 heteroatoms. The van der Waals surface area contributed by atoms with Crippen LogP contribution in [0, 0.1) is 6.92 Å². The van der Waals surface area contributed by atoms with Gasteiger partial charge in [0, 0.05) is 31.8 Å². The van der Waals surface area contributed by atoms with Gasteiger partial charge in [-0.25, -0.2) is 4.68 Å². The fraction of sp³-hybridized carbons (Fsp3) is 0.400. The number of hydrogen-bond acceptors (Lipinski definition) is 7. The van der Waals surface area contributed by atoms with Crippen molar-refractivity contribution in [3.8, 4) is 21.9 Å². The van der Waals surface area contributed by atoms with Crippen molar-refractivity contribution in [2.45, 2.75) is 19.9 Å². The minimum Gasteiger partial charge on any atom is -0.356 e. The molecule has 8 nitrogen and oxygen atoms in total. The third kappa shape index (κ3) is 4.30. The monoisotopic (exact) mass is 413 g/mol. The molecule has 4 rings (SSSR count). The lowest BCUT2D eigenvalue weighted by molar-refractivity contribution is -0.132. The average Bonchev–Trinajstić information content (AvgIpc) is 3.32. The molecule has 1 aliphatic heterocycles. The number of hydrogen-bond donors (Lipinski definition) is 0. The number of aromatic nitrogens is 3. The summed E-state index contributed by atoms with van der Waals surface area (Å²) in [6.45, 7) is 4.91. The van der Waals surface area contributed by atoms with Crippen LogP contribution in [-0.4, -0.2) is 63.9 Å². The van der Waals surface area contributed by atoms with Crippen molar-refractivity contribution in [1.82, 2.24) is 24.7 Å². The average molecular weight is 414 g/mol.